The van der Waals surface area contributed by atoms with Crippen LogP contribution in [0.5, 0.6) is 5.75 Å². The number of amides is 1. The highest BCUT2D eigenvalue weighted by Gasteiger charge is 2.17. The van der Waals surface area contributed by atoms with Crippen LogP contribution < -0.4 is 10.1 Å². The van der Waals surface area contributed by atoms with Crippen LogP contribution in [0.1, 0.15) is 15.2 Å². The van der Waals surface area contributed by atoms with E-state index in [-0.39, 0.29) is 16.2 Å². The first-order chi connectivity index (χ1) is 9.02. The molecule has 0 fully saturated rings. The molecule has 2 rings (SSSR count). The molecular weight excluding hydrogens is 307 g/mol. The van der Waals surface area contributed by atoms with E-state index in [1.54, 1.807) is 24.4 Å². The number of thiophene rings is 1. The number of aryl methyl sites for hydroxylation is 1. The molecule has 7 heteroatoms. The first-order valence-electron chi connectivity index (χ1n) is 5.28. The molecule has 0 saturated carbocycles. The highest BCUT2D eigenvalue weighted by molar-refractivity contribution is 7.12. The van der Waals surface area contributed by atoms with Crippen molar-refractivity contribution in [2.45, 2.75) is 6.92 Å². The zero-order chi connectivity index (χ0) is 14.0. The van der Waals surface area contributed by atoms with E-state index in [2.05, 4.69) is 10.3 Å². The van der Waals surface area contributed by atoms with Crippen molar-refractivity contribution in [1.82, 2.24) is 4.98 Å². The first kappa shape index (κ1) is 14.1. The molecule has 4 nitrogen and oxygen atoms in total. The number of carbonyl (C=O) groups excluding carboxylic acids is 1. The standard InChI is InChI=1S/C12H10Cl2N2O2S/c1-6-5-8(13)15-11(14)9(6)16-12(17)10-7(18-2)3-4-19-10/h3-5H,1-2H3,(H,16,17). The molecule has 0 spiro atoms. The summed E-state index contributed by atoms with van der Waals surface area (Å²) in [4.78, 5) is 16.5. The van der Waals surface area contributed by atoms with Gasteiger partial charge in [0.05, 0.1) is 12.8 Å². The van der Waals surface area contributed by atoms with Gasteiger partial charge in [-0.3, -0.25) is 4.79 Å². The number of methoxy groups -OCH3 is 1. The highest BCUT2D eigenvalue weighted by atomic mass is 35.5. The van der Waals surface area contributed by atoms with Gasteiger partial charge in [0.1, 0.15) is 15.8 Å². The Balaban J connectivity index is 2.29. The van der Waals surface area contributed by atoms with Crippen LogP contribution in [0.2, 0.25) is 10.3 Å². The normalized spacial score (nSPS) is 10.3. The highest BCUT2D eigenvalue weighted by Crippen LogP contribution is 2.29. The summed E-state index contributed by atoms with van der Waals surface area (Å²) < 4.78 is 5.10. The molecule has 2 heterocycles. The van der Waals surface area contributed by atoms with Crippen molar-refractivity contribution < 1.29 is 9.53 Å². The summed E-state index contributed by atoms with van der Waals surface area (Å²) in [5.41, 5.74) is 1.19. The molecule has 0 aliphatic heterocycles. The number of nitrogens with zero attached hydrogens (tertiary/aromatic N) is 1. The van der Waals surface area contributed by atoms with Crippen molar-refractivity contribution in [2.75, 3.05) is 12.4 Å². The summed E-state index contributed by atoms with van der Waals surface area (Å²) >= 11 is 13.0. The fraction of sp³-hybridized carbons (Fsp3) is 0.167. The van der Waals surface area contributed by atoms with Crippen LogP contribution in [0, 0.1) is 6.92 Å². The number of rotatable bonds is 3. The molecule has 0 radical (unpaired) electrons. The Labute approximate surface area is 124 Å². The van der Waals surface area contributed by atoms with Crippen LogP contribution in [0.15, 0.2) is 17.5 Å². The minimum absolute atomic E-state index is 0.161. The number of ether oxygens (including phenoxy) is 1. The van der Waals surface area contributed by atoms with Gasteiger partial charge < -0.3 is 10.1 Å². The summed E-state index contributed by atoms with van der Waals surface area (Å²) in [5, 5.41) is 4.95. The number of nitrogens with one attached hydrogen (secondary N) is 1. The Morgan fingerprint density at radius 2 is 2.21 bits per heavy atom. The van der Waals surface area contributed by atoms with Gasteiger partial charge in [0.2, 0.25) is 0 Å². The Hall–Kier alpha value is -1.30. The lowest BCUT2D eigenvalue weighted by Gasteiger charge is -2.10. The Kier molecular flexibility index (Phi) is 4.29. The van der Waals surface area contributed by atoms with Gasteiger partial charge >= 0.3 is 0 Å². The maximum absolute atomic E-state index is 12.1. The zero-order valence-corrected chi connectivity index (χ0v) is 12.5. The SMILES string of the molecule is COc1ccsc1C(=O)Nc1c(C)cc(Cl)nc1Cl. The molecule has 0 bridgehead atoms. The third-order valence-electron chi connectivity index (χ3n) is 2.43. The minimum atomic E-state index is -0.291. The summed E-state index contributed by atoms with van der Waals surface area (Å²) in [6.07, 6.45) is 0. The molecule has 0 atom stereocenters. The summed E-state index contributed by atoms with van der Waals surface area (Å²) in [5.74, 6) is 0.235. The number of carbonyl (C=O) groups is 1. The van der Waals surface area contributed by atoms with Crippen LogP contribution in [0.4, 0.5) is 5.69 Å². The largest absolute Gasteiger partial charge is 0.495 e. The van der Waals surface area contributed by atoms with Gasteiger partial charge in [0.15, 0.2) is 5.15 Å². The smallest absolute Gasteiger partial charge is 0.269 e. The molecule has 0 aromatic carbocycles. The zero-order valence-electron chi connectivity index (χ0n) is 10.2. The minimum Gasteiger partial charge on any atom is -0.495 e. The van der Waals surface area contributed by atoms with Gasteiger partial charge in [-0.25, -0.2) is 4.98 Å². The van der Waals surface area contributed by atoms with Crippen LogP contribution in [-0.2, 0) is 0 Å². The lowest BCUT2D eigenvalue weighted by molar-refractivity contribution is 0.102. The maximum Gasteiger partial charge on any atom is 0.269 e. The second-order valence-corrected chi connectivity index (χ2v) is 5.36. The van der Waals surface area contributed by atoms with Crippen LogP contribution in [0.25, 0.3) is 0 Å². The van der Waals surface area contributed by atoms with E-state index in [0.717, 1.165) is 5.56 Å². The van der Waals surface area contributed by atoms with E-state index in [1.165, 1.54) is 18.4 Å². The second kappa shape index (κ2) is 5.77. The van der Waals surface area contributed by atoms with Crippen molar-refractivity contribution in [3.05, 3.63) is 38.3 Å². The first-order valence-corrected chi connectivity index (χ1v) is 6.92. The predicted molar refractivity (Wildman–Crippen MR) is 77.8 cm³/mol. The fourth-order valence-corrected chi connectivity index (χ4v) is 2.87. The van der Waals surface area contributed by atoms with Crippen molar-refractivity contribution in [1.29, 1.82) is 0 Å². The van der Waals surface area contributed by atoms with Crippen molar-refractivity contribution in [2.24, 2.45) is 0 Å². The molecule has 19 heavy (non-hydrogen) atoms. The van der Waals surface area contributed by atoms with Gasteiger partial charge in [-0.05, 0) is 30.0 Å². The van der Waals surface area contributed by atoms with Gasteiger partial charge in [-0.15, -0.1) is 11.3 Å². The lowest BCUT2D eigenvalue weighted by atomic mass is 10.2. The van der Waals surface area contributed by atoms with Gasteiger partial charge in [-0.2, -0.15) is 0 Å². The number of aromatic nitrogens is 1. The third-order valence-corrected chi connectivity index (χ3v) is 3.80. The Morgan fingerprint density at radius 1 is 1.47 bits per heavy atom. The molecular formula is C12H10Cl2N2O2S. The van der Waals surface area contributed by atoms with E-state index in [4.69, 9.17) is 27.9 Å². The monoisotopic (exact) mass is 316 g/mol. The average molecular weight is 317 g/mol. The van der Waals surface area contributed by atoms with Crippen molar-refractivity contribution >= 4 is 46.1 Å². The van der Waals surface area contributed by atoms with E-state index >= 15 is 0 Å². The number of pyridine rings is 1. The van der Waals surface area contributed by atoms with Gasteiger partial charge in [0.25, 0.3) is 5.91 Å². The average Bonchev–Trinajstić information content (AvgIpc) is 2.81. The van der Waals surface area contributed by atoms with E-state index in [9.17, 15) is 4.79 Å². The van der Waals surface area contributed by atoms with Crippen LogP contribution in [0.3, 0.4) is 0 Å². The quantitative estimate of drug-likeness (QED) is 0.870. The molecule has 0 unspecified atom stereocenters. The Morgan fingerprint density at radius 3 is 2.84 bits per heavy atom. The summed E-state index contributed by atoms with van der Waals surface area (Å²) in [7, 11) is 1.51. The number of hydrogen-bond acceptors (Lipinski definition) is 4. The van der Waals surface area contributed by atoms with Crippen molar-refractivity contribution in [3.63, 3.8) is 0 Å². The molecule has 0 aliphatic rings. The molecule has 2 aromatic rings. The topological polar surface area (TPSA) is 51.2 Å². The van der Waals surface area contributed by atoms with Crippen molar-refractivity contribution in [3.8, 4) is 5.75 Å². The number of halogens is 2. The molecule has 100 valence electrons. The maximum atomic E-state index is 12.1. The Bertz CT molecular complexity index is 605. The molecule has 1 amide bonds. The summed E-state index contributed by atoms with van der Waals surface area (Å²) in [6.45, 7) is 1.79. The van der Waals surface area contributed by atoms with Gasteiger partial charge in [0, 0.05) is 0 Å². The summed E-state index contributed by atoms with van der Waals surface area (Å²) in [6, 6.07) is 3.36. The molecule has 0 saturated heterocycles. The van der Waals surface area contributed by atoms with Crippen LogP contribution in [-0.4, -0.2) is 18.0 Å². The second-order valence-electron chi connectivity index (χ2n) is 3.70. The third kappa shape index (κ3) is 3.00. The van der Waals surface area contributed by atoms with Crippen LogP contribution >= 0.6 is 34.5 Å². The van der Waals surface area contributed by atoms with E-state index < -0.39 is 0 Å². The molecule has 2 aromatic heterocycles. The lowest BCUT2D eigenvalue weighted by Crippen LogP contribution is -2.13. The number of hydrogen-bond donors (Lipinski definition) is 1. The molecule has 0 aliphatic carbocycles. The fourth-order valence-electron chi connectivity index (χ4n) is 1.54. The van der Waals surface area contributed by atoms with E-state index in [0.29, 0.717) is 16.3 Å². The molecule has 1 N–H and O–H groups in total. The number of anilines is 1. The predicted octanol–water partition coefficient (Wildman–Crippen LogP) is 4.02. The van der Waals surface area contributed by atoms with E-state index in [1.807, 2.05) is 0 Å². The van der Waals surface area contributed by atoms with Gasteiger partial charge in [-0.1, -0.05) is 23.2 Å².